The van der Waals surface area contributed by atoms with Crippen molar-refractivity contribution in [2.45, 2.75) is 38.1 Å². The van der Waals surface area contributed by atoms with Crippen molar-refractivity contribution in [3.05, 3.63) is 30.3 Å². The van der Waals surface area contributed by atoms with E-state index in [-0.39, 0.29) is 6.03 Å². The lowest BCUT2D eigenvalue weighted by atomic mass is 10.2. The summed E-state index contributed by atoms with van der Waals surface area (Å²) in [7, 11) is 0. The summed E-state index contributed by atoms with van der Waals surface area (Å²) >= 11 is 0. The number of benzene rings is 1. The second kappa shape index (κ2) is 7.14. The van der Waals surface area contributed by atoms with Gasteiger partial charge < -0.3 is 16.0 Å². The highest BCUT2D eigenvalue weighted by Crippen LogP contribution is 2.24. The van der Waals surface area contributed by atoms with Gasteiger partial charge in [0.1, 0.15) is 0 Å². The van der Waals surface area contributed by atoms with Crippen LogP contribution in [0.1, 0.15) is 32.1 Å². The maximum absolute atomic E-state index is 12.4. The average Bonchev–Trinajstić information content (AvgIpc) is 2.94. The van der Waals surface area contributed by atoms with Crippen molar-refractivity contribution in [2.75, 3.05) is 18.4 Å². The number of urea groups is 1. The standard InChI is InChI=1S/C15H23N3O/c16-11-6-12-18(14-9-4-5-10-14)15(19)17-13-7-2-1-3-8-13/h1-3,7-8,14H,4-6,9-12,16H2,(H,17,19). The first-order valence-electron chi connectivity index (χ1n) is 7.14. The number of carbonyl (C=O) groups is 1. The third kappa shape index (κ3) is 3.96. The zero-order chi connectivity index (χ0) is 13.5. The number of nitrogens with one attached hydrogen (secondary N) is 1. The van der Waals surface area contributed by atoms with Crippen LogP contribution in [-0.4, -0.2) is 30.1 Å². The summed E-state index contributed by atoms with van der Waals surface area (Å²) in [6, 6.07) is 10.0. The summed E-state index contributed by atoms with van der Waals surface area (Å²) in [6.07, 6.45) is 5.54. The second-order valence-corrected chi connectivity index (χ2v) is 5.07. The molecule has 2 amide bonds. The molecule has 1 aromatic rings. The number of rotatable bonds is 5. The van der Waals surface area contributed by atoms with E-state index in [1.165, 1.54) is 12.8 Å². The minimum absolute atomic E-state index is 0.00606. The lowest BCUT2D eigenvalue weighted by Crippen LogP contribution is -2.42. The second-order valence-electron chi connectivity index (χ2n) is 5.07. The molecule has 0 bridgehead atoms. The lowest BCUT2D eigenvalue weighted by molar-refractivity contribution is 0.188. The van der Waals surface area contributed by atoms with E-state index in [2.05, 4.69) is 5.32 Å². The number of nitrogens with zero attached hydrogens (tertiary/aromatic N) is 1. The summed E-state index contributed by atoms with van der Waals surface area (Å²) in [6.45, 7) is 1.38. The molecular weight excluding hydrogens is 238 g/mol. The Morgan fingerprint density at radius 3 is 2.58 bits per heavy atom. The number of hydrogen-bond donors (Lipinski definition) is 2. The van der Waals surface area contributed by atoms with Crippen molar-refractivity contribution in [1.82, 2.24) is 4.90 Å². The van der Waals surface area contributed by atoms with Crippen LogP contribution in [0.3, 0.4) is 0 Å². The fraction of sp³-hybridized carbons (Fsp3) is 0.533. The molecule has 3 N–H and O–H groups in total. The van der Waals surface area contributed by atoms with Gasteiger partial charge in [0, 0.05) is 18.3 Å². The molecule has 4 nitrogen and oxygen atoms in total. The summed E-state index contributed by atoms with van der Waals surface area (Å²) < 4.78 is 0. The number of hydrogen-bond acceptors (Lipinski definition) is 2. The van der Waals surface area contributed by atoms with Crippen LogP contribution in [0.15, 0.2) is 30.3 Å². The van der Waals surface area contributed by atoms with Gasteiger partial charge in [-0.2, -0.15) is 0 Å². The number of nitrogens with two attached hydrogens (primary N) is 1. The molecule has 1 aliphatic carbocycles. The molecule has 0 aliphatic heterocycles. The minimum atomic E-state index is 0.00606. The number of para-hydroxylation sites is 1. The number of carbonyl (C=O) groups excluding carboxylic acids is 1. The molecule has 19 heavy (non-hydrogen) atoms. The first-order chi connectivity index (χ1) is 9.31. The van der Waals surface area contributed by atoms with Crippen molar-refractivity contribution in [1.29, 1.82) is 0 Å². The molecule has 0 saturated heterocycles. The third-order valence-corrected chi connectivity index (χ3v) is 3.65. The predicted molar refractivity (Wildman–Crippen MR) is 78.1 cm³/mol. The lowest BCUT2D eigenvalue weighted by Gasteiger charge is -2.29. The Balaban J connectivity index is 1.98. The summed E-state index contributed by atoms with van der Waals surface area (Å²) in [5.41, 5.74) is 6.42. The molecule has 0 aromatic heterocycles. The zero-order valence-corrected chi connectivity index (χ0v) is 11.3. The maximum atomic E-state index is 12.4. The van der Waals surface area contributed by atoms with Gasteiger partial charge in [-0.3, -0.25) is 0 Å². The molecule has 0 atom stereocenters. The fourth-order valence-corrected chi connectivity index (χ4v) is 2.64. The Morgan fingerprint density at radius 1 is 1.26 bits per heavy atom. The van der Waals surface area contributed by atoms with Crippen molar-refractivity contribution >= 4 is 11.7 Å². The van der Waals surface area contributed by atoms with E-state index < -0.39 is 0 Å². The molecule has 0 spiro atoms. The Kier molecular flexibility index (Phi) is 5.21. The van der Waals surface area contributed by atoms with Crippen molar-refractivity contribution in [3.8, 4) is 0 Å². The zero-order valence-electron chi connectivity index (χ0n) is 11.3. The van der Waals surface area contributed by atoms with Gasteiger partial charge >= 0.3 is 6.03 Å². The van der Waals surface area contributed by atoms with Gasteiger partial charge in [0.05, 0.1) is 0 Å². The van der Waals surface area contributed by atoms with Gasteiger partial charge in [-0.15, -0.1) is 0 Å². The summed E-state index contributed by atoms with van der Waals surface area (Å²) in [5, 5.41) is 2.97. The van der Waals surface area contributed by atoms with E-state index in [4.69, 9.17) is 5.73 Å². The van der Waals surface area contributed by atoms with Crippen LogP contribution in [0, 0.1) is 0 Å². The van der Waals surface area contributed by atoms with Crippen molar-refractivity contribution in [3.63, 3.8) is 0 Å². The van der Waals surface area contributed by atoms with E-state index >= 15 is 0 Å². The van der Waals surface area contributed by atoms with E-state index in [1.807, 2.05) is 35.2 Å². The minimum Gasteiger partial charge on any atom is -0.330 e. The molecule has 2 rings (SSSR count). The summed E-state index contributed by atoms with van der Waals surface area (Å²) in [5.74, 6) is 0. The van der Waals surface area contributed by atoms with Crippen molar-refractivity contribution in [2.24, 2.45) is 5.73 Å². The van der Waals surface area contributed by atoms with Gasteiger partial charge in [0.25, 0.3) is 0 Å². The van der Waals surface area contributed by atoms with Gasteiger partial charge in [-0.25, -0.2) is 4.79 Å². The Morgan fingerprint density at radius 2 is 1.95 bits per heavy atom. The molecule has 0 radical (unpaired) electrons. The topological polar surface area (TPSA) is 58.4 Å². The van der Waals surface area contributed by atoms with E-state index in [9.17, 15) is 4.79 Å². The number of amides is 2. The van der Waals surface area contributed by atoms with Crippen LogP contribution in [0.5, 0.6) is 0 Å². The highest BCUT2D eigenvalue weighted by Gasteiger charge is 2.26. The van der Waals surface area contributed by atoms with Gasteiger partial charge in [-0.1, -0.05) is 31.0 Å². The third-order valence-electron chi connectivity index (χ3n) is 3.65. The Bertz CT molecular complexity index is 388. The van der Waals surface area contributed by atoms with Crippen LogP contribution in [0.2, 0.25) is 0 Å². The normalized spacial score (nSPS) is 15.4. The van der Waals surface area contributed by atoms with Gasteiger partial charge in [-0.05, 0) is 37.9 Å². The molecule has 1 saturated carbocycles. The molecular formula is C15H23N3O. The first-order valence-corrected chi connectivity index (χ1v) is 7.14. The van der Waals surface area contributed by atoms with Gasteiger partial charge in [0.2, 0.25) is 0 Å². The predicted octanol–water partition coefficient (Wildman–Crippen LogP) is 2.81. The quantitative estimate of drug-likeness (QED) is 0.856. The smallest absolute Gasteiger partial charge is 0.322 e. The molecule has 1 aromatic carbocycles. The molecule has 4 heteroatoms. The van der Waals surface area contributed by atoms with Gasteiger partial charge in [0.15, 0.2) is 0 Å². The molecule has 1 fully saturated rings. The van der Waals surface area contributed by atoms with Crippen LogP contribution in [-0.2, 0) is 0 Å². The van der Waals surface area contributed by atoms with E-state index in [1.54, 1.807) is 0 Å². The molecule has 104 valence electrons. The van der Waals surface area contributed by atoms with Crippen LogP contribution >= 0.6 is 0 Å². The SMILES string of the molecule is NCCCN(C(=O)Nc1ccccc1)C1CCCC1. The Hall–Kier alpha value is -1.55. The van der Waals surface area contributed by atoms with E-state index in [0.29, 0.717) is 12.6 Å². The fourth-order valence-electron chi connectivity index (χ4n) is 2.64. The first kappa shape index (κ1) is 13.9. The highest BCUT2D eigenvalue weighted by atomic mass is 16.2. The number of anilines is 1. The van der Waals surface area contributed by atoms with Crippen LogP contribution in [0.25, 0.3) is 0 Å². The summed E-state index contributed by atoms with van der Waals surface area (Å²) in [4.78, 5) is 14.3. The highest BCUT2D eigenvalue weighted by molar-refractivity contribution is 5.89. The molecule has 0 unspecified atom stereocenters. The van der Waals surface area contributed by atoms with Crippen molar-refractivity contribution < 1.29 is 4.79 Å². The average molecular weight is 261 g/mol. The largest absolute Gasteiger partial charge is 0.330 e. The van der Waals surface area contributed by atoms with Crippen LogP contribution < -0.4 is 11.1 Å². The monoisotopic (exact) mass is 261 g/mol. The maximum Gasteiger partial charge on any atom is 0.322 e. The molecule has 1 aliphatic rings. The molecule has 0 heterocycles. The van der Waals surface area contributed by atoms with Crippen LogP contribution in [0.4, 0.5) is 10.5 Å². The van der Waals surface area contributed by atoms with E-state index in [0.717, 1.165) is 31.5 Å². The Labute approximate surface area is 115 Å².